The van der Waals surface area contributed by atoms with Gasteiger partial charge in [0.05, 0.1) is 5.56 Å². The zero-order valence-corrected chi connectivity index (χ0v) is 16.4. The molecule has 2 aromatic carbocycles. The van der Waals surface area contributed by atoms with E-state index in [0.29, 0.717) is 21.3 Å². The van der Waals surface area contributed by atoms with Gasteiger partial charge >= 0.3 is 5.63 Å². The van der Waals surface area contributed by atoms with Gasteiger partial charge in [-0.2, -0.15) is 0 Å². The van der Waals surface area contributed by atoms with Gasteiger partial charge in [-0.05, 0) is 42.8 Å². The normalized spacial score (nSPS) is 11.8. The van der Waals surface area contributed by atoms with Crippen LogP contribution in [0.25, 0.3) is 0 Å². The maximum Gasteiger partial charge on any atom is 0.343 e. The van der Waals surface area contributed by atoms with Gasteiger partial charge < -0.3 is 14.8 Å². The molecular formula is C21H17Cl2NO4. The molecule has 1 atom stereocenters. The summed E-state index contributed by atoms with van der Waals surface area (Å²) in [5, 5.41) is 14.1. The molecule has 1 aromatic heterocycles. The van der Waals surface area contributed by atoms with E-state index in [2.05, 4.69) is 5.32 Å². The van der Waals surface area contributed by atoms with Gasteiger partial charge in [-0.1, -0.05) is 41.4 Å². The van der Waals surface area contributed by atoms with E-state index in [4.69, 9.17) is 27.6 Å². The van der Waals surface area contributed by atoms with Crippen LogP contribution in [0.1, 0.15) is 29.2 Å². The Hall–Kier alpha value is -2.76. The first-order valence-electron chi connectivity index (χ1n) is 8.48. The molecule has 3 aromatic rings. The molecule has 3 rings (SSSR count). The third-order valence-corrected chi connectivity index (χ3v) is 4.70. The summed E-state index contributed by atoms with van der Waals surface area (Å²) in [5.41, 5.74) is 0.520. The number of aromatic hydroxyl groups is 1. The number of hydrogen-bond acceptors (Lipinski definition) is 4. The molecule has 1 amide bonds. The third kappa shape index (κ3) is 4.74. The molecule has 0 aliphatic heterocycles. The van der Waals surface area contributed by atoms with E-state index in [1.165, 1.54) is 6.07 Å². The lowest BCUT2D eigenvalue weighted by Crippen LogP contribution is -2.21. The Kier molecular flexibility index (Phi) is 6.07. The summed E-state index contributed by atoms with van der Waals surface area (Å²) in [7, 11) is 0. The molecule has 1 unspecified atom stereocenters. The van der Waals surface area contributed by atoms with E-state index in [1.807, 2.05) is 0 Å². The molecule has 0 aliphatic rings. The molecule has 5 nitrogen and oxygen atoms in total. The van der Waals surface area contributed by atoms with Crippen LogP contribution in [0.3, 0.4) is 0 Å². The first kappa shape index (κ1) is 20.0. The van der Waals surface area contributed by atoms with Crippen molar-refractivity contribution >= 4 is 34.8 Å². The molecule has 0 spiro atoms. The Morgan fingerprint density at radius 3 is 2.46 bits per heavy atom. The summed E-state index contributed by atoms with van der Waals surface area (Å²) in [5.74, 6) is -0.997. The molecule has 7 heteroatoms. The topological polar surface area (TPSA) is 79.5 Å². The van der Waals surface area contributed by atoms with Crippen LogP contribution < -0.4 is 10.9 Å². The number of carbonyl (C=O) groups is 1. The Balaban J connectivity index is 1.96. The number of amides is 1. The van der Waals surface area contributed by atoms with Crippen LogP contribution in [0, 0.1) is 6.92 Å². The second-order valence-electron chi connectivity index (χ2n) is 6.31. The summed E-state index contributed by atoms with van der Waals surface area (Å²) >= 11 is 11.9. The predicted octanol–water partition coefficient (Wildman–Crippen LogP) is 5.12. The molecule has 0 fully saturated rings. The minimum atomic E-state index is -0.715. The summed E-state index contributed by atoms with van der Waals surface area (Å²) in [6.45, 7) is 1.56. The molecular weight excluding hydrogens is 401 g/mol. The summed E-state index contributed by atoms with van der Waals surface area (Å²) in [6.07, 6.45) is -0.0878. The van der Waals surface area contributed by atoms with E-state index in [0.717, 1.165) is 0 Å². The average Bonchev–Trinajstić information content (AvgIpc) is 2.60. The lowest BCUT2D eigenvalue weighted by molar-refractivity contribution is -0.116. The summed E-state index contributed by atoms with van der Waals surface area (Å²) in [6, 6.07) is 14.8. The molecule has 0 saturated heterocycles. The van der Waals surface area contributed by atoms with E-state index in [-0.39, 0.29) is 29.4 Å². The van der Waals surface area contributed by atoms with Crippen molar-refractivity contribution in [1.29, 1.82) is 0 Å². The highest BCUT2D eigenvalue weighted by molar-refractivity contribution is 6.31. The summed E-state index contributed by atoms with van der Waals surface area (Å²) in [4.78, 5) is 25.1. The quantitative estimate of drug-likeness (QED) is 0.603. The highest BCUT2D eigenvalue weighted by Crippen LogP contribution is 2.33. The Bertz CT molecular complexity index is 1060. The monoisotopic (exact) mass is 417 g/mol. The van der Waals surface area contributed by atoms with E-state index in [9.17, 15) is 14.7 Å². The minimum Gasteiger partial charge on any atom is -0.507 e. The van der Waals surface area contributed by atoms with E-state index < -0.39 is 11.5 Å². The van der Waals surface area contributed by atoms with Gasteiger partial charge in [0, 0.05) is 34.1 Å². The molecule has 0 bridgehead atoms. The van der Waals surface area contributed by atoms with Crippen LogP contribution >= 0.6 is 23.2 Å². The molecule has 1 heterocycles. The van der Waals surface area contributed by atoms with Gasteiger partial charge in [-0.15, -0.1) is 0 Å². The number of aryl methyl sites for hydroxylation is 1. The SMILES string of the molecule is Cc1cc(O)c(C(CC(=O)Nc2cccc(Cl)c2)c2ccc(Cl)cc2)c(=O)o1. The van der Waals surface area contributed by atoms with Crippen molar-refractivity contribution in [1.82, 2.24) is 0 Å². The third-order valence-electron chi connectivity index (χ3n) is 4.21. The number of carbonyl (C=O) groups excluding carboxylic acids is 1. The van der Waals surface area contributed by atoms with Crippen LogP contribution in [-0.2, 0) is 4.79 Å². The predicted molar refractivity (Wildman–Crippen MR) is 109 cm³/mol. The van der Waals surface area contributed by atoms with Crippen LogP contribution in [0.2, 0.25) is 10.0 Å². The highest BCUT2D eigenvalue weighted by Gasteiger charge is 2.26. The van der Waals surface area contributed by atoms with Crippen LogP contribution in [0.4, 0.5) is 5.69 Å². The van der Waals surface area contributed by atoms with E-state index in [1.54, 1.807) is 55.5 Å². The fourth-order valence-electron chi connectivity index (χ4n) is 2.97. The highest BCUT2D eigenvalue weighted by atomic mass is 35.5. The number of nitrogens with one attached hydrogen (secondary N) is 1. The number of benzene rings is 2. The molecule has 0 aliphatic carbocycles. The van der Waals surface area contributed by atoms with Crippen molar-refractivity contribution in [2.75, 3.05) is 5.32 Å². The lowest BCUT2D eigenvalue weighted by atomic mass is 9.88. The smallest absolute Gasteiger partial charge is 0.343 e. The second kappa shape index (κ2) is 8.50. The zero-order valence-electron chi connectivity index (χ0n) is 14.9. The number of anilines is 1. The van der Waals surface area contributed by atoms with Gasteiger partial charge in [0.25, 0.3) is 0 Å². The number of halogens is 2. The lowest BCUT2D eigenvalue weighted by Gasteiger charge is -2.18. The molecule has 0 radical (unpaired) electrons. The molecule has 0 saturated carbocycles. The number of rotatable bonds is 5. The van der Waals surface area contributed by atoms with Crippen LogP contribution in [-0.4, -0.2) is 11.0 Å². The van der Waals surface area contributed by atoms with Crippen molar-refractivity contribution in [3.63, 3.8) is 0 Å². The van der Waals surface area contributed by atoms with Gasteiger partial charge in [0.2, 0.25) is 5.91 Å². The van der Waals surface area contributed by atoms with Crippen molar-refractivity contribution in [2.45, 2.75) is 19.3 Å². The van der Waals surface area contributed by atoms with E-state index >= 15 is 0 Å². The van der Waals surface area contributed by atoms with Gasteiger partial charge in [0.15, 0.2) is 0 Å². The first-order valence-corrected chi connectivity index (χ1v) is 9.23. The van der Waals surface area contributed by atoms with Gasteiger partial charge in [0.1, 0.15) is 11.5 Å². The largest absolute Gasteiger partial charge is 0.507 e. The van der Waals surface area contributed by atoms with Gasteiger partial charge in [-0.3, -0.25) is 4.79 Å². The first-order chi connectivity index (χ1) is 13.3. The molecule has 28 heavy (non-hydrogen) atoms. The maximum atomic E-state index is 12.6. The number of hydrogen-bond donors (Lipinski definition) is 2. The van der Waals surface area contributed by atoms with Crippen molar-refractivity contribution in [3.05, 3.63) is 91.9 Å². The standard InChI is InChI=1S/C21H17Cl2NO4/c1-12-9-18(25)20(21(27)28-12)17(13-5-7-14(22)8-6-13)11-19(26)24-16-4-2-3-15(23)10-16/h2-10,17,25H,11H2,1H3,(H,24,26). The van der Waals surface area contributed by atoms with Crippen molar-refractivity contribution in [3.8, 4) is 5.75 Å². The average molecular weight is 418 g/mol. The second-order valence-corrected chi connectivity index (χ2v) is 7.18. The van der Waals surface area contributed by atoms with Crippen molar-refractivity contribution in [2.24, 2.45) is 0 Å². The fraction of sp³-hybridized carbons (Fsp3) is 0.143. The minimum absolute atomic E-state index is 0.0224. The maximum absolute atomic E-state index is 12.6. The van der Waals surface area contributed by atoms with Crippen LogP contribution in [0.5, 0.6) is 5.75 Å². The Morgan fingerprint density at radius 2 is 1.82 bits per heavy atom. The van der Waals surface area contributed by atoms with Gasteiger partial charge in [-0.25, -0.2) is 4.79 Å². The molecule has 144 valence electrons. The van der Waals surface area contributed by atoms with Crippen LogP contribution in [0.15, 0.2) is 63.8 Å². The van der Waals surface area contributed by atoms with Crippen molar-refractivity contribution < 1.29 is 14.3 Å². The Labute approximate surface area is 171 Å². The fourth-order valence-corrected chi connectivity index (χ4v) is 3.29. The summed E-state index contributed by atoms with van der Waals surface area (Å²) < 4.78 is 5.14. The molecule has 2 N–H and O–H groups in total. The zero-order chi connectivity index (χ0) is 20.3. The Morgan fingerprint density at radius 1 is 1.11 bits per heavy atom.